The van der Waals surface area contributed by atoms with Crippen LogP contribution >= 0.6 is 0 Å². The number of esters is 2. The van der Waals surface area contributed by atoms with Gasteiger partial charge in [-0.25, -0.2) is 9.59 Å². The van der Waals surface area contributed by atoms with Gasteiger partial charge < -0.3 is 19.9 Å². The third kappa shape index (κ3) is 5.48. The lowest BCUT2D eigenvalue weighted by atomic mass is 10.0. The molecule has 0 aliphatic heterocycles. The Morgan fingerprint density at radius 1 is 0.839 bits per heavy atom. The first-order chi connectivity index (χ1) is 14.9. The molecule has 3 rings (SSSR count). The topological polar surface area (TPSA) is 102 Å². The fourth-order valence-corrected chi connectivity index (χ4v) is 2.85. The number of nitrogens with one attached hydrogen (secondary N) is 1. The first-order valence-corrected chi connectivity index (χ1v) is 9.43. The number of aromatic hydroxyl groups is 1. The van der Waals surface area contributed by atoms with E-state index in [0.717, 1.165) is 16.7 Å². The second-order valence-corrected chi connectivity index (χ2v) is 6.77. The van der Waals surface area contributed by atoms with Gasteiger partial charge in [0.25, 0.3) is 5.91 Å². The van der Waals surface area contributed by atoms with Crippen molar-refractivity contribution in [2.24, 2.45) is 0 Å². The molecule has 0 radical (unpaired) electrons. The maximum atomic E-state index is 12.2. The molecule has 0 aromatic heterocycles. The minimum atomic E-state index is -0.632. The zero-order valence-electron chi connectivity index (χ0n) is 17.0. The average molecular weight is 419 g/mol. The second-order valence-electron chi connectivity index (χ2n) is 6.77. The maximum Gasteiger partial charge on any atom is 0.338 e. The van der Waals surface area contributed by atoms with E-state index >= 15 is 0 Å². The molecule has 158 valence electrons. The maximum absolute atomic E-state index is 12.2. The Morgan fingerprint density at radius 3 is 2.03 bits per heavy atom. The number of methoxy groups -OCH3 is 1. The summed E-state index contributed by atoms with van der Waals surface area (Å²) in [5.41, 5.74) is 3.55. The van der Waals surface area contributed by atoms with Crippen LogP contribution in [0.2, 0.25) is 0 Å². The fraction of sp³-hybridized carbons (Fsp3) is 0.125. The van der Waals surface area contributed by atoms with E-state index in [4.69, 9.17) is 4.74 Å². The fourth-order valence-electron chi connectivity index (χ4n) is 2.85. The molecular formula is C24H21NO6. The summed E-state index contributed by atoms with van der Waals surface area (Å²) in [5.74, 6) is -1.50. The molecule has 0 aliphatic rings. The molecule has 3 aromatic rings. The van der Waals surface area contributed by atoms with Crippen molar-refractivity contribution in [1.82, 2.24) is 0 Å². The van der Waals surface area contributed by atoms with Crippen LogP contribution in [0.5, 0.6) is 5.75 Å². The van der Waals surface area contributed by atoms with E-state index in [1.54, 1.807) is 67.6 Å². The predicted molar refractivity (Wildman–Crippen MR) is 115 cm³/mol. The predicted octanol–water partition coefficient (Wildman–Crippen LogP) is 3.95. The molecule has 1 amide bonds. The van der Waals surface area contributed by atoms with Gasteiger partial charge in [0.1, 0.15) is 5.75 Å². The normalized spacial score (nSPS) is 10.3. The highest BCUT2D eigenvalue weighted by atomic mass is 16.5. The molecule has 0 saturated carbocycles. The van der Waals surface area contributed by atoms with Crippen molar-refractivity contribution in [2.75, 3.05) is 19.0 Å². The molecule has 0 atom stereocenters. The molecule has 0 bridgehead atoms. The Balaban J connectivity index is 1.58. The van der Waals surface area contributed by atoms with Gasteiger partial charge in [0, 0.05) is 5.69 Å². The molecule has 0 saturated heterocycles. The van der Waals surface area contributed by atoms with Gasteiger partial charge in [-0.1, -0.05) is 30.3 Å². The number of phenols is 1. The van der Waals surface area contributed by atoms with Gasteiger partial charge in [-0.3, -0.25) is 4.79 Å². The molecule has 0 unspecified atom stereocenters. The van der Waals surface area contributed by atoms with Gasteiger partial charge in [-0.05, 0) is 60.0 Å². The number of phenolic OH excluding ortho intramolecular Hbond substituents is 1. The van der Waals surface area contributed by atoms with E-state index in [-0.39, 0.29) is 5.75 Å². The van der Waals surface area contributed by atoms with E-state index in [1.807, 2.05) is 0 Å². The highest BCUT2D eigenvalue weighted by Gasteiger charge is 2.13. The van der Waals surface area contributed by atoms with Crippen molar-refractivity contribution in [3.8, 4) is 16.9 Å². The van der Waals surface area contributed by atoms with Gasteiger partial charge in [-0.2, -0.15) is 0 Å². The molecule has 0 heterocycles. The number of hydrogen-bond acceptors (Lipinski definition) is 6. The number of carbonyl (C=O) groups is 3. The van der Waals surface area contributed by atoms with Crippen LogP contribution in [0.3, 0.4) is 0 Å². The largest absolute Gasteiger partial charge is 0.508 e. The molecule has 0 fully saturated rings. The van der Waals surface area contributed by atoms with Gasteiger partial charge >= 0.3 is 11.9 Å². The van der Waals surface area contributed by atoms with Crippen LogP contribution < -0.4 is 5.32 Å². The van der Waals surface area contributed by atoms with Crippen molar-refractivity contribution >= 4 is 23.5 Å². The monoisotopic (exact) mass is 419 g/mol. The zero-order chi connectivity index (χ0) is 22.4. The summed E-state index contributed by atoms with van der Waals surface area (Å²) in [4.78, 5) is 36.1. The van der Waals surface area contributed by atoms with Gasteiger partial charge in [-0.15, -0.1) is 0 Å². The van der Waals surface area contributed by atoms with Crippen LogP contribution in [-0.4, -0.2) is 36.7 Å². The van der Waals surface area contributed by atoms with E-state index in [0.29, 0.717) is 16.8 Å². The Bertz CT molecular complexity index is 1100. The van der Waals surface area contributed by atoms with E-state index < -0.39 is 24.5 Å². The minimum absolute atomic E-state index is 0.175. The quantitative estimate of drug-likeness (QED) is 0.587. The summed E-state index contributed by atoms with van der Waals surface area (Å²) < 4.78 is 9.76. The molecule has 0 aliphatic carbocycles. The number of rotatable bonds is 6. The van der Waals surface area contributed by atoms with Crippen molar-refractivity contribution in [2.45, 2.75) is 6.92 Å². The van der Waals surface area contributed by atoms with Crippen LogP contribution in [0.4, 0.5) is 5.69 Å². The highest BCUT2D eigenvalue weighted by Crippen LogP contribution is 2.22. The molecule has 7 heteroatoms. The zero-order valence-corrected chi connectivity index (χ0v) is 17.0. The van der Waals surface area contributed by atoms with Crippen LogP contribution in [0.1, 0.15) is 26.3 Å². The smallest absolute Gasteiger partial charge is 0.338 e. The lowest BCUT2D eigenvalue weighted by molar-refractivity contribution is -0.119. The van der Waals surface area contributed by atoms with Crippen molar-refractivity contribution in [3.05, 3.63) is 83.4 Å². The second kappa shape index (κ2) is 9.58. The molecule has 2 N–H and O–H groups in total. The van der Waals surface area contributed by atoms with Crippen molar-refractivity contribution in [3.63, 3.8) is 0 Å². The van der Waals surface area contributed by atoms with Gasteiger partial charge in [0.2, 0.25) is 0 Å². The third-order valence-corrected chi connectivity index (χ3v) is 4.59. The first kappa shape index (κ1) is 21.6. The van der Waals surface area contributed by atoms with Crippen LogP contribution in [-0.2, 0) is 14.3 Å². The van der Waals surface area contributed by atoms with Gasteiger partial charge in [0.05, 0.1) is 18.2 Å². The molecular weight excluding hydrogens is 398 g/mol. The van der Waals surface area contributed by atoms with Crippen molar-refractivity contribution in [1.29, 1.82) is 0 Å². The lowest BCUT2D eigenvalue weighted by Crippen LogP contribution is -2.21. The third-order valence-electron chi connectivity index (χ3n) is 4.59. The molecule has 7 nitrogen and oxygen atoms in total. The Labute approximate surface area is 179 Å². The number of carbonyl (C=O) groups excluding carboxylic acids is 3. The summed E-state index contributed by atoms with van der Waals surface area (Å²) in [6.07, 6.45) is 0. The Kier molecular flexibility index (Phi) is 6.67. The lowest BCUT2D eigenvalue weighted by Gasteiger charge is -2.10. The summed E-state index contributed by atoms with van der Waals surface area (Å²) in [7, 11) is 1.27. The standard InChI is InChI=1S/C24H21NO6/c1-15-3-4-19(23(28)30-2)13-21(15)25-22(27)14-31-24(29)18-7-5-16(6-8-18)17-9-11-20(26)12-10-17/h3-13,26H,14H2,1-2H3,(H,25,27). The van der Waals surface area contributed by atoms with Crippen LogP contribution in [0.15, 0.2) is 66.7 Å². The molecule has 3 aromatic carbocycles. The molecule has 31 heavy (non-hydrogen) atoms. The number of hydrogen-bond donors (Lipinski definition) is 2. The number of ether oxygens (including phenoxy) is 2. The van der Waals surface area contributed by atoms with E-state index in [9.17, 15) is 19.5 Å². The minimum Gasteiger partial charge on any atom is -0.508 e. The van der Waals surface area contributed by atoms with E-state index in [1.165, 1.54) is 13.2 Å². The first-order valence-electron chi connectivity index (χ1n) is 9.43. The van der Waals surface area contributed by atoms with Crippen LogP contribution in [0, 0.1) is 6.92 Å². The SMILES string of the molecule is COC(=O)c1ccc(C)c(NC(=O)COC(=O)c2ccc(-c3ccc(O)cc3)cc2)c1. The molecule has 0 spiro atoms. The Hall–Kier alpha value is -4.13. The number of anilines is 1. The average Bonchev–Trinajstić information content (AvgIpc) is 2.79. The number of amides is 1. The van der Waals surface area contributed by atoms with Crippen LogP contribution in [0.25, 0.3) is 11.1 Å². The van der Waals surface area contributed by atoms with Crippen molar-refractivity contribution < 1.29 is 29.0 Å². The number of benzene rings is 3. The highest BCUT2D eigenvalue weighted by molar-refractivity contribution is 5.97. The van der Waals surface area contributed by atoms with Gasteiger partial charge in [0.15, 0.2) is 6.61 Å². The summed E-state index contributed by atoms with van der Waals surface area (Å²) in [6, 6.07) is 18.2. The summed E-state index contributed by atoms with van der Waals surface area (Å²) in [6.45, 7) is 1.30. The Morgan fingerprint density at radius 2 is 1.42 bits per heavy atom. The number of aryl methyl sites for hydroxylation is 1. The summed E-state index contributed by atoms with van der Waals surface area (Å²) in [5, 5.41) is 12.0. The summed E-state index contributed by atoms with van der Waals surface area (Å²) >= 11 is 0. The van der Waals surface area contributed by atoms with E-state index in [2.05, 4.69) is 10.1 Å².